The van der Waals surface area contributed by atoms with E-state index in [4.69, 9.17) is 9.47 Å². The molecule has 3 aliphatic rings. The highest BCUT2D eigenvalue weighted by Gasteiger charge is 2.56. The monoisotopic (exact) mass is 230 g/mol. The quantitative estimate of drug-likeness (QED) is 0.576. The lowest BCUT2D eigenvalue weighted by Gasteiger charge is -2.35. The summed E-state index contributed by atoms with van der Waals surface area (Å²) >= 11 is 0. The number of hydrogen-bond acceptors (Lipinski definition) is 4. The van der Waals surface area contributed by atoms with Crippen LogP contribution < -0.4 is 5.32 Å². The van der Waals surface area contributed by atoms with Gasteiger partial charge in [-0.05, 0) is 33.2 Å². The van der Waals surface area contributed by atoms with Gasteiger partial charge < -0.3 is 9.47 Å². The van der Waals surface area contributed by atoms with Gasteiger partial charge in [-0.15, -0.1) is 0 Å². The minimum Gasteiger partial charge on any atom is -0.367 e. The molecule has 0 aromatic rings. The van der Waals surface area contributed by atoms with Crippen molar-refractivity contribution in [2.24, 2.45) is 0 Å². The van der Waals surface area contributed by atoms with E-state index in [-0.39, 0.29) is 24.6 Å². The number of rotatable bonds is 3. The first-order valence-electron chi connectivity index (χ1n) is 6.10. The Labute approximate surface area is 95.1 Å². The molecule has 3 rings (SSSR count). The topological polar surface area (TPSA) is 40.3 Å². The molecular weight excluding hydrogens is 211 g/mol. The molecule has 0 radical (unpaired) electrons. The van der Waals surface area contributed by atoms with Crippen molar-refractivity contribution in [3.63, 3.8) is 0 Å². The fourth-order valence-electron chi connectivity index (χ4n) is 2.53. The summed E-state index contributed by atoms with van der Waals surface area (Å²) in [6.45, 7) is 2.05. The smallest absolute Gasteiger partial charge is 0.154 e. The first-order chi connectivity index (χ1) is 7.66. The number of ether oxygens (including phenoxy) is 2. The molecule has 0 aliphatic carbocycles. The summed E-state index contributed by atoms with van der Waals surface area (Å²) in [5.41, 5.74) is 0. The Hall–Kier alpha value is -0.230. The maximum absolute atomic E-state index is 13.4. The molecule has 4 nitrogen and oxygen atoms in total. The fourth-order valence-corrected chi connectivity index (χ4v) is 2.53. The van der Waals surface area contributed by atoms with Crippen LogP contribution >= 0.6 is 0 Å². The lowest BCUT2D eigenvalue weighted by Crippen LogP contribution is -2.51. The van der Waals surface area contributed by atoms with E-state index in [1.807, 2.05) is 14.0 Å². The predicted octanol–water partition coefficient (Wildman–Crippen LogP) is 0.826. The number of likely N-dealkylation sites (tertiary alicyclic amines) is 1. The van der Waals surface area contributed by atoms with Crippen LogP contribution in [0.4, 0.5) is 4.39 Å². The number of nitrogens with one attached hydrogen (secondary N) is 1. The summed E-state index contributed by atoms with van der Waals surface area (Å²) < 4.78 is 24.3. The van der Waals surface area contributed by atoms with Crippen molar-refractivity contribution in [2.75, 3.05) is 7.05 Å². The molecule has 3 fully saturated rings. The molecule has 5 heteroatoms. The van der Waals surface area contributed by atoms with Crippen LogP contribution in [-0.4, -0.2) is 48.9 Å². The zero-order chi connectivity index (χ0) is 11.3. The first kappa shape index (κ1) is 10.9. The molecule has 6 unspecified atom stereocenters. The lowest BCUT2D eigenvalue weighted by atomic mass is 10.1. The van der Waals surface area contributed by atoms with Gasteiger partial charge >= 0.3 is 0 Å². The number of halogens is 1. The molecule has 0 saturated carbocycles. The van der Waals surface area contributed by atoms with Crippen LogP contribution in [0.25, 0.3) is 0 Å². The fraction of sp³-hybridized carbons (Fsp3) is 1.00. The molecule has 3 heterocycles. The van der Waals surface area contributed by atoms with Gasteiger partial charge in [0.15, 0.2) is 6.30 Å². The van der Waals surface area contributed by atoms with Crippen LogP contribution in [0.2, 0.25) is 0 Å². The Kier molecular flexibility index (Phi) is 2.66. The first-order valence-corrected chi connectivity index (χ1v) is 6.10. The van der Waals surface area contributed by atoms with Gasteiger partial charge in [0.2, 0.25) is 0 Å². The second-order valence-electron chi connectivity index (χ2n) is 5.04. The van der Waals surface area contributed by atoms with Gasteiger partial charge in [0.1, 0.15) is 18.4 Å². The summed E-state index contributed by atoms with van der Waals surface area (Å²) in [4.78, 5) is 1.76. The third-order valence-electron chi connectivity index (χ3n) is 3.82. The number of nitrogens with zero attached hydrogens (tertiary/aromatic N) is 1. The molecule has 6 atom stereocenters. The van der Waals surface area contributed by atoms with Crippen molar-refractivity contribution in [1.29, 1.82) is 0 Å². The van der Waals surface area contributed by atoms with Gasteiger partial charge in [-0.3, -0.25) is 10.2 Å². The van der Waals surface area contributed by atoms with Crippen LogP contribution in [0.1, 0.15) is 26.2 Å². The van der Waals surface area contributed by atoms with Crippen molar-refractivity contribution in [2.45, 2.75) is 63.2 Å². The maximum Gasteiger partial charge on any atom is 0.154 e. The zero-order valence-electron chi connectivity index (χ0n) is 9.73. The van der Waals surface area contributed by atoms with E-state index in [9.17, 15) is 4.39 Å². The molecule has 0 bridgehead atoms. The molecule has 0 aromatic heterocycles. The van der Waals surface area contributed by atoms with E-state index in [1.165, 1.54) is 0 Å². The number of epoxide rings is 2. The highest BCUT2D eigenvalue weighted by Crippen LogP contribution is 2.37. The molecular formula is C11H19FN2O2. The molecule has 92 valence electrons. The van der Waals surface area contributed by atoms with Gasteiger partial charge in [0.05, 0.1) is 12.3 Å². The average Bonchev–Trinajstić information content (AvgIpc) is 3.12. The standard InChI is InChI=1S/C11H19FN2O2/c1-6-9(15-6)10-11(16-10)13-8-5-3-4-7(12)14(8)2/h6-11,13H,3-5H2,1-2H3. The Morgan fingerprint density at radius 2 is 2.00 bits per heavy atom. The van der Waals surface area contributed by atoms with Gasteiger partial charge in [-0.2, -0.15) is 0 Å². The SMILES string of the molecule is CC1OC1C1OC1NC1CCCC(F)N1C. The van der Waals surface area contributed by atoms with Crippen molar-refractivity contribution in [1.82, 2.24) is 10.2 Å². The summed E-state index contributed by atoms with van der Waals surface area (Å²) in [6, 6.07) is 0. The highest BCUT2D eigenvalue weighted by molar-refractivity contribution is 5.00. The summed E-state index contributed by atoms with van der Waals surface area (Å²) in [5.74, 6) is 0. The Morgan fingerprint density at radius 1 is 1.25 bits per heavy atom. The van der Waals surface area contributed by atoms with Gasteiger partial charge in [0, 0.05) is 0 Å². The van der Waals surface area contributed by atoms with E-state index in [1.54, 1.807) is 4.90 Å². The second-order valence-corrected chi connectivity index (χ2v) is 5.04. The third kappa shape index (κ3) is 1.97. The van der Waals surface area contributed by atoms with Crippen molar-refractivity contribution >= 4 is 0 Å². The van der Waals surface area contributed by atoms with Crippen LogP contribution in [0.3, 0.4) is 0 Å². The zero-order valence-corrected chi connectivity index (χ0v) is 9.73. The lowest BCUT2D eigenvalue weighted by molar-refractivity contribution is 0.00623. The predicted molar refractivity (Wildman–Crippen MR) is 56.4 cm³/mol. The molecule has 0 spiro atoms. The van der Waals surface area contributed by atoms with E-state index < -0.39 is 6.30 Å². The van der Waals surface area contributed by atoms with E-state index in [0.29, 0.717) is 12.5 Å². The van der Waals surface area contributed by atoms with Crippen LogP contribution in [0, 0.1) is 0 Å². The second kappa shape index (κ2) is 3.91. The van der Waals surface area contributed by atoms with Crippen molar-refractivity contribution < 1.29 is 13.9 Å². The summed E-state index contributed by atoms with van der Waals surface area (Å²) in [6.07, 6.45) is 2.69. The number of piperidine rings is 1. The average molecular weight is 230 g/mol. The van der Waals surface area contributed by atoms with Gasteiger partial charge in [0.25, 0.3) is 0 Å². The minimum atomic E-state index is -0.820. The molecule has 0 amide bonds. The Bertz CT molecular complexity index is 279. The number of alkyl halides is 1. The van der Waals surface area contributed by atoms with Crippen molar-refractivity contribution in [3.8, 4) is 0 Å². The van der Waals surface area contributed by atoms with E-state index in [2.05, 4.69) is 5.32 Å². The largest absolute Gasteiger partial charge is 0.367 e. The molecule has 0 aromatic carbocycles. The normalized spacial score (nSPS) is 52.7. The number of hydrogen-bond donors (Lipinski definition) is 1. The van der Waals surface area contributed by atoms with E-state index >= 15 is 0 Å². The maximum atomic E-state index is 13.4. The Morgan fingerprint density at radius 3 is 2.69 bits per heavy atom. The van der Waals surface area contributed by atoms with Gasteiger partial charge in [-0.25, -0.2) is 4.39 Å². The third-order valence-corrected chi connectivity index (χ3v) is 3.82. The van der Waals surface area contributed by atoms with Crippen molar-refractivity contribution in [3.05, 3.63) is 0 Å². The van der Waals surface area contributed by atoms with Crippen LogP contribution in [0.5, 0.6) is 0 Å². The van der Waals surface area contributed by atoms with E-state index in [0.717, 1.165) is 12.8 Å². The summed E-state index contributed by atoms with van der Waals surface area (Å²) in [5, 5.41) is 3.35. The molecule has 1 N–H and O–H groups in total. The highest BCUT2D eigenvalue weighted by atomic mass is 19.1. The minimum absolute atomic E-state index is 0.0627. The van der Waals surface area contributed by atoms with Gasteiger partial charge in [-0.1, -0.05) is 0 Å². The molecule has 3 saturated heterocycles. The Balaban J connectivity index is 1.48. The molecule has 3 aliphatic heterocycles. The molecule has 16 heavy (non-hydrogen) atoms. The summed E-state index contributed by atoms with van der Waals surface area (Å²) in [7, 11) is 1.83. The van der Waals surface area contributed by atoms with Crippen LogP contribution in [0.15, 0.2) is 0 Å². The van der Waals surface area contributed by atoms with Crippen LogP contribution in [-0.2, 0) is 9.47 Å².